The van der Waals surface area contributed by atoms with Gasteiger partial charge in [0.05, 0.1) is 19.2 Å². The molecule has 1 heterocycles. The zero-order valence-corrected chi connectivity index (χ0v) is 14.4. The van der Waals surface area contributed by atoms with Gasteiger partial charge in [-0.2, -0.15) is 0 Å². The first kappa shape index (κ1) is 18.7. The van der Waals surface area contributed by atoms with Crippen LogP contribution in [0.15, 0.2) is 24.3 Å². The molecule has 0 saturated carbocycles. The first-order valence-corrected chi connectivity index (χ1v) is 7.94. The Morgan fingerprint density at radius 2 is 1.96 bits per heavy atom. The summed E-state index contributed by atoms with van der Waals surface area (Å²) < 4.78 is 10.0. The Hall–Kier alpha value is -2.61. The van der Waals surface area contributed by atoms with E-state index in [1.54, 1.807) is 26.0 Å². The molecule has 2 rings (SSSR count). The number of hydrogen-bond donors (Lipinski definition) is 2. The molecule has 2 N–H and O–H groups in total. The maximum absolute atomic E-state index is 12.3. The molecular formula is C17H22N2O6. The second-order valence-electron chi connectivity index (χ2n) is 6.01. The molecule has 3 amide bonds. The number of nitrogens with one attached hydrogen (secondary N) is 1. The van der Waals surface area contributed by atoms with Crippen molar-refractivity contribution in [2.45, 2.75) is 31.9 Å². The third-order valence-corrected chi connectivity index (χ3v) is 4.16. The molecule has 8 nitrogen and oxygen atoms in total. The van der Waals surface area contributed by atoms with Gasteiger partial charge in [-0.3, -0.25) is 9.69 Å². The minimum Gasteiger partial charge on any atom is -0.491 e. The number of rotatable bonds is 7. The number of carbonyl (C=O) groups excluding carboxylic acids is 3. The molecule has 136 valence electrons. The van der Waals surface area contributed by atoms with E-state index < -0.39 is 23.6 Å². The normalized spacial score (nSPS) is 21.0. The van der Waals surface area contributed by atoms with E-state index in [1.807, 2.05) is 0 Å². The molecule has 1 aromatic rings. The van der Waals surface area contributed by atoms with Crippen molar-refractivity contribution in [2.24, 2.45) is 0 Å². The highest BCUT2D eigenvalue weighted by Gasteiger charge is 2.46. The molecule has 1 saturated heterocycles. The Morgan fingerprint density at radius 3 is 2.48 bits per heavy atom. The summed E-state index contributed by atoms with van der Waals surface area (Å²) in [6.45, 7) is 3.20. The second kappa shape index (κ2) is 7.52. The number of amides is 3. The highest BCUT2D eigenvalue weighted by atomic mass is 16.5. The van der Waals surface area contributed by atoms with E-state index >= 15 is 0 Å². The molecular weight excluding hydrogens is 328 g/mol. The van der Waals surface area contributed by atoms with Gasteiger partial charge in [-0.25, -0.2) is 9.59 Å². The van der Waals surface area contributed by atoms with Gasteiger partial charge in [0.1, 0.15) is 24.0 Å². The molecule has 8 heteroatoms. The smallest absolute Gasteiger partial charge is 0.337 e. The third-order valence-electron chi connectivity index (χ3n) is 4.16. The summed E-state index contributed by atoms with van der Waals surface area (Å²) in [6, 6.07) is 5.70. The summed E-state index contributed by atoms with van der Waals surface area (Å²) in [4.78, 5) is 36.5. The molecule has 2 unspecified atom stereocenters. The lowest BCUT2D eigenvalue weighted by Gasteiger charge is -2.21. The van der Waals surface area contributed by atoms with E-state index in [4.69, 9.17) is 4.74 Å². The molecule has 0 bridgehead atoms. The molecule has 0 aromatic heterocycles. The maximum atomic E-state index is 12.3. The first-order valence-electron chi connectivity index (χ1n) is 7.94. The second-order valence-corrected chi connectivity index (χ2v) is 6.01. The Labute approximate surface area is 145 Å². The third kappa shape index (κ3) is 4.08. The average Bonchev–Trinajstić information content (AvgIpc) is 2.83. The van der Waals surface area contributed by atoms with Crippen molar-refractivity contribution in [3.63, 3.8) is 0 Å². The average molecular weight is 350 g/mol. The molecule has 2 atom stereocenters. The van der Waals surface area contributed by atoms with Crippen molar-refractivity contribution in [2.75, 3.05) is 20.3 Å². The highest BCUT2D eigenvalue weighted by Crippen LogP contribution is 2.21. The van der Waals surface area contributed by atoms with Crippen LogP contribution in [0.2, 0.25) is 0 Å². The lowest BCUT2D eigenvalue weighted by Crippen LogP contribution is -2.44. The van der Waals surface area contributed by atoms with Gasteiger partial charge in [0.25, 0.3) is 5.91 Å². The summed E-state index contributed by atoms with van der Waals surface area (Å²) in [6.07, 6.45) is -0.568. The molecule has 0 radical (unpaired) electrons. The van der Waals surface area contributed by atoms with Crippen LogP contribution in [0.25, 0.3) is 0 Å². The van der Waals surface area contributed by atoms with Crippen molar-refractivity contribution < 1.29 is 29.0 Å². The van der Waals surface area contributed by atoms with E-state index in [0.717, 1.165) is 4.90 Å². The number of benzene rings is 1. The summed E-state index contributed by atoms with van der Waals surface area (Å²) in [5, 5.41) is 12.7. The highest BCUT2D eigenvalue weighted by molar-refractivity contribution is 6.06. The summed E-state index contributed by atoms with van der Waals surface area (Å²) >= 11 is 0. The summed E-state index contributed by atoms with van der Waals surface area (Å²) in [5.74, 6) is -0.368. The number of hydrogen-bond acceptors (Lipinski definition) is 6. The molecule has 1 fully saturated rings. The van der Waals surface area contributed by atoms with E-state index in [1.165, 1.54) is 19.2 Å². The quantitative estimate of drug-likeness (QED) is 0.560. The first-order chi connectivity index (χ1) is 11.8. The van der Waals surface area contributed by atoms with Gasteiger partial charge in [0, 0.05) is 0 Å². The van der Waals surface area contributed by atoms with Crippen molar-refractivity contribution in [1.82, 2.24) is 10.2 Å². The number of aliphatic hydroxyl groups excluding tert-OH is 1. The molecule has 1 aliphatic rings. The Balaban J connectivity index is 1.88. The standard InChI is InChI=1S/C17H22N2O6/c1-4-17(2)15(22)19(16(23)18-17)9-12(20)10-25-13-7-5-11(6-8-13)14(21)24-3/h5-8,12,20H,4,9-10H2,1-3H3,(H,18,23). The number of ether oxygens (including phenoxy) is 2. The van der Waals surface area contributed by atoms with Gasteiger partial charge >= 0.3 is 12.0 Å². The van der Waals surface area contributed by atoms with Crippen LogP contribution in [-0.4, -0.2) is 59.8 Å². The number of β-amino-alcohol motifs (C(OH)–C–C–N with tert-alkyl or cyclic N) is 1. The molecule has 0 spiro atoms. The van der Waals surface area contributed by atoms with Crippen LogP contribution in [-0.2, 0) is 9.53 Å². The van der Waals surface area contributed by atoms with Crippen molar-refractivity contribution >= 4 is 17.9 Å². The lowest BCUT2D eigenvalue weighted by atomic mass is 9.99. The number of nitrogens with zero attached hydrogens (tertiary/aromatic N) is 1. The largest absolute Gasteiger partial charge is 0.491 e. The predicted molar refractivity (Wildman–Crippen MR) is 88.2 cm³/mol. The number of esters is 1. The minimum absolute atomic E-state index is 0.0997. The van der Waals surface area contributed by atoms with Crippen LogP contribution in [0.4, 0.5) is 4.79 Å². The number of urea groups is 1. The fraction of sp³-hybridized carbons (Fsp3) is 0.471. The minimum atomic E-state index is -1.03. The zero-order chi connectivity index (χ0) is 18.6. The maximum Gasteiger partial charge on any atom is 0.337 e. The summed E-state index contributed by atoms with van der Waals surface area (Å²) in [5.41, 5.74) is -0.546. The molecule has 25 heavy (non-hydrogen) atoms. The van der Waals surface area contributed by atoms with Crippen LogP contribution in [0.5, 0.6) is 5.75 Å². The number of aliphatic hydroxyl groups is 1. The Bertz CT molecular complexity index is 660. The van der Waals surface area contributed by atoms with Crippen LogP contribution >= 0.6 is 0 Å². The number of imide groups is 1. The van der Waals surface area contributed by atoms with Gasteiger partial charge < -0.3 is 19.9 Å². The molecule has 0 aliphatic carbocycles. The molecule has 1 aromatic carbocycles. The van der Waals surface area contributed by atoms with Crippen LogP contribution in [0, 0.1) is 0 Å². The van der Waals surface area contributed by atoms with E-state index in [0.29, 0.717) is 17.7 Å². The SMILES string of the molecule is CCC1(C)NC(=O)N(CC(O)COc2ccc(C(=O)OC)cc2)C1=O. The Kier molecular flexibility index (Phi) is 5.63. The van der Waals surface area contributed by atoms with E-state index in [9.17, 15) is 19.5 Å². The van der Waals surface area contributed by atoms with Crippen LogP contribution in [0.1, 0.15) is 30.6 Å². The van der Waals surface area contributed by atoms with Crippen molar-refractivity contribution in [1.29, 1.82) is 0 Å². The lowest BCUT2D eigenvalue weighted by molar-refractivity contribution is -0.132. The monoisotopic (exact) mass is 350 g/mol. The fourth-order valence-electron chi connectivity index (χ4n) is 2.41. The van der Waals surface area contributed by atoms with Gasteiger partial charge in [0.15, 0.2) is 0 Å². The van der Waals surface area contributed by atoms with Crippen LogP contribution < -0.4 is 10.1 Å². The van der Waals surface area contributed by atoms with Gasteiger partial charge in [-0.15, -0.1) is 0 Å². The predicted octanol–water partition coefficient (Wildman–Crippen LogP) is 0.933. The van der Waals surface area contributed by atoms with Gasteiger partial charge in [-0.1, -0.05) is 6.92 Å². The molecule has 1 aliphatic heterocycles. The van der Waals surface area contributed by atoms with Crippen LogP contribution in [0.3, 0.4) is 0 Å². The topological polar surface area (TPSA) is 105 Å². The van der Waals surface area contributed by atoms with Crippen molar-refractivity contribution in [3.8, 4) is 5.75 Å². The number of carbonyl (C=O) groups is 3. The van der Waals surface area contributed by atoms with E-state index in [-0.39, 0.29) is 19.1 Å². The zero-order valence-electron chi connectivity index (χ0n) is 14.4. The summed E-state index contributed by atoms with van der Waals surface area (Å²) in [7, 11) is 1.29. The van der Waals surface area contributed by atoms with Gasteiger partial charge in [0.2, 0.25) is 0 Å². The number of methoxy groups -OCH3 is 1. The van der Waals surface area contributed by atoms with Gasteiger partial charge in [-0.05, 0) is 37.6 Å². The van der Waals surface area contributed by atoms with E-state index in [2.05, 4.69) is 10.1 Å². The Morgan fingerprint density at radius 1 is 1.32 bits per heavy atom. The van der Waals surface area contributed by atoms with Crippen molar-refractivity contribution in [3.05, 3.63) is 29.8 Å². The fourth-order valence-corrected chi connectivity index (χ4v) is 2.41.